The average molecular weight is 398 g/mol. The zero-order valence-corrected chi connectivity index (χ0v) is 15.7. The molecule has 8 heteroatoms. The van der Waals surface area contributed by atoms with Crippen molar-refractivity contribution in [2.45, 2.75) is 0 Å². The molecule has 0 atom stereocenters. The van der Waals surface area contributed by atoms with Crippen LogP contribution >= 0.6 is 11.6 Å². The van der Waals surface area contributed by atoms with Gasteiger partial charge in [0, 0.05) is 37.9 Å². The van der Waals surface area contributed by atoms with E-state index in [4.69, 9.17) is 11.6 Å². The van der Waals surface area contributed by atoms with Gasteiger partial charge in [-0.2, -0.15) is 0 Å². The first-order valence-corrected chi connectivity index (χ1v) is 9.24. The molecular formula is C20H17ClFN5O. The Kier molecular flexibility index (Phi) is 5.16. The zero-order valence-electron chi connectivity index (χ0n) is 14.9. The third-order valence-electron chi connectivity index (χ3n) is 4.67. The normalized spacial score (nSPS) is 14.2. The number of hydrogen-bond acceptors (Lipinski definition) is 5. The van der Waals surface area contributed by atoms with E-state index in [0.717, 1.165) is 11.4 Å². The topological polar surface area (TPSA) is 62.2 Å². The highest BCUT2D eigenvalue weighted by Crippen LogP contribution is 2.21. The fourth-order valence-electron chi connectivity index (χ4n) is 3.12. The van der Waals surface area contributed by atoms with Crippen molar-refractivity contribution in [3.8, 4) is 11.3 Å². The van der Waals surface area contributed by atoms with Crippen molar-refractivity contribution in [2.75, 3.05) is 31.1 Å². The molecule has 0 aliphatic carbocycles. The van der Waals surface area contributed by atoms with Gasteiger partial charge in [0.25, 0.3) is 5.91 Å². The first-order chi connectivity index (χ1) is 13.6. The van der Waals surface area contributed by atoms with Gasteiger partial charge in [-0.1, -0.05) is 11.6 Å². The summed E-state index contributed by atoms with van der Waals surface area (Å²) in [5.41, 5.74) is 1.91. The molecule has 4 rings (SSSR count). The predicted octanol–water partition coefficient (Wildman–Crippen LogP) is 3.29. The Balaban J connectivity index is 1.40. The van der Waals surface area contributed by atoms with E-state index in [1.807, 2.05) is 12.1 Å². The highest BCUT2D eigenvalue weighted by molar-refractivity contribution is 6.32. The molecule has 1 aliphatic heterocycles. The molecule has 0 radical (unpaired) electrons. The molecule has 1 aliphatic rings. The molecule has 1 fully saturated rings. The predicted molar refractivity (Wildman–Crippen MR) is 105 cm³/mol. The summed E-state index contributed by atoms with van der Waals surface area (Å²) >= 11 is 6.03. The van der Waals surface area contributed by atoms with Crippen LogP contribution in [-0.4, -0.2) is 52.2 Å². The second-order valence-corrected chi connectivity index (χ2v) is 6.76. The molecule has 0 saturated carbocycles. The van der Waals surface area contributed by atoms with Crippen molar-refractivity contribution in [3.63, 3.8) is 0 Å². The molecule has 1 aromatic carbocycles. The van der Waals surface area contributed by atoms with Crippen LogP contribution in [0.15, 0.2) is 54.7 Å². The van der Waals surface area contributed by atoms with Crippen LogP contribution in [0.3, 0.4) is 0 Å². The molecule has 3 heterocycles. The van der Waals surface area contributed by atoms with Crippen molar-refractivity contribution < 1.29 is 9.18 Å². The van der Waals surface area contributed by atoms with E-state index in [1.165, 1.54) is 12.1 Å². The van der Waals surface area contributed by atoms with Crippen LogP contribution in [0.25, 0.3) is 11.3 Å². The number of rotatable bonds is 3. The lowest BCUT2D eigenvalue weighted by Gasteiger charge is -2.35. The van der Waals surface area contributed by atoms with Gasteiger partial charge in [-0.25, -0.2) is 9.37 Å². The summed E-state index contributed by atoms with van der Waals surface area (Å²) in [6.07, 6.45) is 1.56. The molecule has 1 saturated heterocycles. The Morgan fingerprint density at radius 1 is 0.964 bits per heavy atom. The summed E-state index contributed by atoms with van der Waals surface area (Å²) in [6, 6.07) is 13.3. The molecule has 2 aromatic heterocycles. The smallest absolute Gasteiger partial charge is 0.257 e. The van der Waals surface area contributed by atoms with Crippen LogP contribution < -0.4 is 4.90 Å². The van der Waals surface area contributed by atoms with Crippen molar-refractivity contribution >= 4 is 23.3 Å². The van der Waals surface area contributed by atoms with E-state index in [1.54, 1.807) is 35.4 Å². The second kappa shape index (κ2) is 7.90. The number of amides is 1. The molecule has 0 bridgehead atoms. The maximum absolute atomic E-state index is 13.0. The van der Waals surface area contributed by atoms with Gasteiger partial charge in [-0.15, -0.1) is 10.2 Å². The number of aromatic nitrogens is 3. The van der Waals surface area contributed by atoms with E-state index < -0.39 is 0 Å². The minimum atomic E-state index is -0.284. The number of pyridine rings is 1. The Morgan fingerprint density at radius 2 is 1.71 bits per heavy atom. The van der Waals surface area contributed by atoms with Gasteiger partial charge in [0.1, 0.15) is 11.0 Å². The number of anilines is 1. The van der Waals surface area contributed by atoms with Crippen molar-refractivity contribution in [2.24, 2.45) is 0 Å². The summed E-state index contributed by atoms with van der Waals surface area (Å²) in [5.74, 6) is 0.348. The fourth-order valence-corrected chi connectivity index (χ4v) is 3.32. The fraction of sp³-hybridized carbons (Fsp3) is 0.200. The largest absolute Gasteiger partial charge is 0.352 e. The third kappa shape index (κ3) is 3.80. The first kappa shape index (κ1) is 18.3. The second-order valence-electron chi connectivity index (χ2n) is 6.40. The highest BCUT2D eigenvalue weighted by atomic mass is 35.5. The van der Waals surface area contributed by atoms with Crippen molar-refractivity contribution in [1.29, 1.82) is 0 Å². The van der Waals surface area contributed by atoms with Crippen LogP contribution in [0.4, 0.5) is 10.2 Å². The lowest BCUT2D eigenvalue weighted by Crippen LogP contribution is -2.49. The molecule has 1 amide bonds. The molecule has 28 heavy (non-hydrogen) atoms. The summed E-state index contributed by atoms with van der Waals surface area (Å²) in [4.78, 5) is 20.4. The van der Waals surface area contributed by atoms with Crippen LogP contribution in [0.1, 0.15) is 10.4 Å². The monoisotopic (exact) mass is 397 g/mol. The number of hydrogen-bond donors (Lipinski definition) is 0. The number of nitrogens with zero attached hydrogens (tertiary/aromatic N) is 5. The van der Waals surface area contributed by atoms with Gasteiger partial charge in [-0.05, 0) is 48.5 Å². The van der Waals surface area contributed by atoms with Crippen molar-refractivity contribution in [1.82, 2.24) is 20.1 Å². The molecule has 3 aromatic rings. The van der Waals surface area contributed by atoms with Crippen molar-refractivity contribution in [3.05, 3.63) is 71.3 Å². The average Bonchev–Trinajstić information content (AvgIpc) is 2.74. The quantitative estimate of drug-likeness (QED) is 0.634. The van der Waals surface area contributed by atoms with E-state index in [0.29, 0.717) is 37.4 Å². The van der Waals surface area contributed by atoms with Crippen LogP contribution in [0.2, 0.25) is 5.15 Å². The van der Waals surface area contributed by atoms with E-state index in [2.05, 4.69) is 20.1 Å². The third-order valence-corrected chi connectivity index (χ3v) is 4.97. The minimum Gasteiger partial charge on any atom is -0.352 e. The van der Waals surface area contributed by atoms with Gasteiger partial charge in [0.2, 0.25) is 0 Å². The van der Waals surface area contributed by atoms with Gasteiger partial charge in [0.05, 0.1) is 11.3 Å². The first-order valence-electron chi connectivity index (χ1n) is 8.86. The number of halogens is 2. The maximum Gasteiger partial charge on any atom is 0.257 e. The Hall–Kier alpha value is -3.06. The van der Waals surface area contributed by atoms with Gasteiger partial charge in [-0.3, -0.25) is 4.79 Å². The summed E-state index contributed by atoms with van der Waals surface area (Å²) in [5, 5.41) is 8.76. The number of carbonyl (C=O) groups excluding carboxylic acids is 1. The summed E-state index contributed by atoms with van der Waals surface area (Å²) in [7, 11) is 0. The van der Waals surface area contributed by atoms with Crippen LogP contribution in [-0.2, 0) is 0 Å². The molecule has 6 nitrogen and oxygen atoms in total. The van der Waals surface area contributed by atoms with Crippen LogP contribution in [0, 0.1) is 5.82 Å². The van der Waals surface area contributed by atoms with E-state index in [9.17, 15) is 9.18 Å². The SMILES string of the molecule is O=C(c1cccnc1Cl)N1CCN(c2ccc(-c3ccc(F)cc3)nn2)CC1. The van der Waals surface area contributed by atoms with Crippen LogP contribution in [0.5, 0.6) is 0 Å². The number of benzene rings is 1. The highest BCUT2D eigenvalue weighted by Gasteiger charge is 2.24. The number of carbonyl (C=O) groups is 1. The van der Waals surface area contributed by atoms with Gasteiger partial charge >= 0.3 is 0 Å². The van der Waals surface area contributed by atoms with E-state index >= 15 is 0 Å². The molecular weight excluding hydrogens is 381 g/mol. The molecule has 142 valence electrons. The minimum absolute atomic E-state index is 0.115. The maximum atomic E-state index is 13.0. The lowest BCUT2D eigenvalue weighted by molar-refractivity contribution is 0.0746. The standard InChI is InChI=1S/C20H17ClFN5O/c21-19-16(2-1-9-23-19)20(28)27-12-10-26(11-13-27)18-8-7-17(24-25-18)14-3-5-15(22)6-4-14/h1-9H,10-13H2. The number of piperazine rings is 1. The van der Waals surface area contributed by atoms with Gasteiger partial charge < -0.3 is 9.80 Å². The lowest BCUT2D eigenvalue weighted by atomic mass is 10.1. The summed E-state index contributed by atoms with van der Waals surface area (Å²) in [6.45, 7) is 2.42. The molecule has 0 unspecified atom stereocenters. The Labute approximate surface area is 166 Å². The van der Waals surface area contributed by atoms with Gasteiger partial charge in [0.15, 0.2) is 5.82 Å². The zero-order chi connectivity index (χ0) is 19.5. The Morgan fingerprint density at radius 3 is 2.36 bits per heavy atom. The Bertz CT molecular complexity index is 973. The molecule has 0 spiro atoms. The summed E-state index contributed by atoms with van der Waals surface area (Å²) < 4.78 is 13.0. The molecule has 0 N–H and O–H groups in total. The van der Waals surface area contributed by atoms with E-state index in [-0.39, 0.29) is 16.9 Å².